The summed E-state index contributed by atoms with van der Waals surface area (Å²) in [4.78, 5) is 10.5. The Balaban J connectivity index is 0.00000169. The molecule has 0 fully saturated rings. The summed E-state index contributed by atoms with van der Waals surface area (Å²) >= 11 is 2.18. The Kier molecular flexibility index (Phi) is 6.06. The fraction of sp³-hybridized carbons (Fsp3) is 0.222. The molecule has 0 radical (unpaired) electrons. The van der Waals surface area contributed by atoms with Gasteiger partial charge in [0.2, 0.25) is 0 Å². The second-order valence-corrected chi connectivity index (χ2v) is 4.02. The van der Waals surface area contributed by atoms with Crippen molar-refractivity contribution in [3.8, 4) is 0 Å². The van der Waals surface area contributed by atoms with Crippen LogP contribution in [0.1, 0.15) is 5.56 Å². The van der Waals surface area contributed by atoms with E-state index >= 15 is 0 Å². The predicted octanol–water partition coefficient (Wildman–Crippen LogP) is 1.67. The van der Waals surface area contributed by atoms with Crippen molar-refractivity contribution in [2.45, 2.75) is 12.5 Å². The molecule has 1 rings (SSSR count). The van der Waals surface area contributed by atoms with Crippen LogP contribution < -0.4 is 5.73 Å². The lowest BCUT2D eigenvalue weighted by molar-refractivity contribution is -0.138. The molecule has 0 aliphatic carbocycles. The van der Waals surface area contributed by atoms with E-state index in [1.54, 1.807) is 0 Å². The lowest BCUT2D eigenvalue weighted by Gasteiger charge is -2.05. The van der Waals surface area contributed by atoms with E-state index in [-0.39, 0.29) is 12.4 Å². The average molecular weight is 328 g/mol. The Morgan fingerprint density at radius 1 is 1.57 bits per heavy atom. The Bertz CT molecular complexity index is 319. The minimum Gasteiger partial charge on any atom is -0.480 e. The first kappa shape index (κ1) is 13.7. The number of carboxylic acids is 1. The van der Waals surface area contributed by atoms with Crippen molar-refractivity contribution in [1.82, 2.24) is 0 Å². The lowest BCUT2D eigenvalue weighted by Crippen LogP contribution is -2.32. The molecule has 1 aromatic carbocycles. The fourth-order valence-corrected chi connectivity index (χ4v) is 1.61. The monoisotopic (exact) mass is 327 g/mol. The van der Waals surface area contributed by atoms with Crippen molar-refractivity contribution < 1.29 is 9.90 Å². The van der Waals surface area contributed by atoms with Gasteiger partial charge in [0.15, 0.2) is 0 Å². The Hall–Kier alpha value is -0.330. The summed E-state index contributed by atoms with van der Waals surface area (Å²) < 4.78 is 1.09. The maximum atomic E-state index is 10.5. The van der Waals surface area contributed by atoms with E-state index in [1.165, 1.54) is 0 Å². The molecule has 0 unspecified atom stereocenters. The molecule has 0 spiro atoms. The number of aliphatic carboxylic acids is 1. The first-order valence-corrected chi connectivity index (χ1v) is 4.90. The van der Waals surface area contributed by atoms with Gasteiger partial charge in [-0.05, 0) is 46.7 Å². The summed E-state index contributed by atoms with van der Waals surface area (Å²) in [6.45, 7) is 0. The van der Waals surface area contributed by atoms with Gasteiger partial charge < -0.3 is 10.8 Å². The van der Waals surface area contributed by atoms with E-state index in [2.05, 4.69) is 22.6 Å². The number of hydrogen-bond donors (Lipinski definition) is 2. The maximum Gasteiger partial charge on any atom is 0.320 e. The number of benzene rings is 1. The van der Waals surface area contributed by atoms with E-state index < -0.39 is 12.0 Å². The Labute approximate surface area is 102 Å². The van der Waals surface area contributed by atoms with Gasteiger partial charge in [-0.25, -0.2) is 0 Å². The highest BCUT2D eigenvalue weighted by molar-refractivity contribution is 14.1. The largest absolute Gasteiger partial charge is 0.480 e. The molecule has 0 aliphatic rings. The smallest absolute Gasteiger partial charge is 0.320 e. The first-order valence-electron chi connectivity index (χ1n) is 3.82. The van der Waals surface area contributed by atoms with Gasteiger partial charge in [-0.3, -0.25) is 4.79 Å². The van der Waals surface area contributed by atoms with Gasteiger partial charge in [-0.15, -0.1) is 12.4 Å². The summed E-state index contributed by atoms with van der Waals surface area (Å²) in [5.41, 5.74) is 6.36. The highest BCUT2D eigenvalue weighted by atomic mass is 127. The molecule has 1 aromatic rings. The molecular weight excluding hydrogens is 316 g/mol. The van der Waals surface area contributed by atoms with Crippen molar-refractivity contribution in [2.75, 3.05) is 0 Å². The SMILES string of the molecule is Cl.N[C@H](Cc1cccc(I)c1)C(=O)O. The Morgan fingerprint density at radius 3 is 2.71 bits per heavy atom. The second-order valence-electron chi connectivity index (χ2n) is 2.78. The number of hydrogen-bond acceptors (Lipinski definition) is 2. The van der Waals surface area contributed by atoms with E-state index in [0.717, 1.165) is 9.13 Å². The highest BCUT2D eigenvalue weighted by Crippen LogP contribution is 2.09. The zero-order chi connectivity index (χ0) is 9.84. The summed E-state index contributed by atoms with van der Waals surface area (Å²) in [5.74, 6) is -0.959. The summed E-state index contributed by atoms with van der Waals surface area (Å²) in [5, 5.41) is 8.59. The number of carbonyl (C=O) groups is 1. The van der Waals surface area contributed by atoms with Crippen molar-refractivity contribution in [1.29, 1.82) is 0 Å². The fourth-order valence-electron chi connectivity index (χ4n) is 1.01. The third kappa shape index (κ3) is 4.26. The van der Waals surface area contributed by atoms with Crippen LogP contribution in [0, 0.1) is 3.57 Å². The van der Waals surface area contributed by atoms with Crippen molar-refractivity contribution >= 4 is 41.0 Å². The molecule has 14 heavy (non-hydrogen) atoms. The van der Waals surface area contributed by atoms with Crippen LogP contribution in [0.2, 0.25) is 0 Å². The number of halogens is 2. The van der Waals surface area contributed by atoms with Crippen molar-refractivity contribution in [3.63, 3.8) is 0 Å². The molecule has 0 saturated carbocycles. The minimum absolute atomic E-state index is 0. The summed E-state index contributed by atoms with van der Waals surface area (Å²) in [6.07, 6.45) is 0.381. The van der Waals surface area contributed by atoms with E-state index in [4.69, 9.17) is 10.8 Å². The molecule has 3 N–H and O–H groups in total. The second kappa shape index (κ2) is 6.21. The van der Waals surface area contributed by atoms with Crippen molar-refractivity contribution in [2.24, 2.45) is 5.73 Å². The van der Waals surface area contributed by atoms with Gasteiger partial charge in [0.1, 0.15) is 6.04 Å². The van der Waals surface area contributed by atoms with Gasteiger partial charge in [-0.2, -0.15) is 0 Å². The first-order chi connectivity index (χ1) is 6.09. The topological polar surface area (TPSA) is 63.3 Å². The van der Waals surface area contributed by atoms with E-state index in [1.807, 2.05) is 24.3 Å². The van der Waals surface area contributed by atoms with Gasteiger partial charge in [0, 0.05) is 3.57 Å². The minimum atomic E-state index is -0.959. The molecule has 1 atom stereocenters. The zero-order valence-corrected chi connectivity index (χ0v) is 10.3. The molecule has 0 heterocycles. The quantitative estimate of drug-likeness (QED) is 0.830. The van der Waals surface area contributed by atoms with E-state index in [0.29, 0.717) is 6.42 Å². The van der Waals surface area contributed by atoms with Crippen LogP contribution in [0.25, 0.3) is 0 Å². The average Bonchev–Trinajstić information content (AvgIpc) is 2.04. The van der Waals surface area contributed by atoms with Crippen LogP contribution in [-0.4, -0.2) is 17.1 Å². The molecule has 78 valence electrons. The van der Waals surface area contributed by atoms with Crippen molar-refractivity contribution in [3.05, 3.63) is 33.4 Å². The van der Waals surface area contributed by atoms with Gasteiger partial charge in [-0.1, -0.05) is 12.1 Å². The van der Waals surface area contributed by atoms with Gasteiger partial charge >= 0.3 is 5.97 Å². The summed E-state index contributed by atoms with van der Waals surface area (Å²) in [7, 11) is 0. The molecule has 0 aromatic heterocycles. The predicted molar refractivity (Wildman–Crippen MR) is 65.7 cm³/mol. The number of rotatable bonds is 3. The summed E-state index contributed by atoms with van der Waals surface area (Å²) in [6, 6.07) is 6.86. The van der Waals surface area contributed by atoms with Gasteiger partial charge in [0.25, 0.3) is 0 Å². The van der Waals surface area contributed by atoms with Crippen LogP contribution in [-0.2, 0) is 11.2 Å². The molecule has 5 heteroatoms. The van der Waals surface area contributed by atoms with Crippen LogP contribution >= 0.6 is 35.0 Å². The molecule has 0 amide bonds. The Morgan fingerprint density at radius 2 is 2.21 bits per heavy atom. The third-order valence-corrected chi connectivity index (χ3v) is 2.33. The standard InChI is InChI=1S/C9H10INO2.ClH/c10-7-3-1-2-6(4-7)5-8(11)9(12)13;/h1-4,8H,5,11H2,(H,12,13);1H/t8-;/m1./s1. The number of nitrogens with two attached hydrogens (primary N) is 1. The highest BCUT2D eigenvalue weighted by Gasteiger charge is 2.11. The lowest BCUT2D eigenvalue weighted by atomic mass is 10.1. The van der Waals surface area contributed by atoms with E-state index in [9.17, 15) is 4.79 Å². The van der Waals surface area contributed by atoms with Crippen LogP contribution in [0.3, 0.4) is 0 Å². The third-order valence-electron chi connectivity index (χ3n) is 1.66. The normalized spacial score (nSPS) is 11.6. The molecule has 0 bridgehead atoms. The zero-order valence-electron chi connectivity index (χ0n) is 7.31. The van der Waals surface area contributed by atoms with Crippen LogP contribution in [0.5, 0.6) is 0 Å². The van der Waals surface area contributed by atoms with Crippen LogP contribution in [0.4, 0.5) is 0 Å². The molecule has 3 nitrogen and oxygen atoms in total. The molecule has 0 saturated heterocycles. The molecule has 0 aliphatic heterocycles. The molecular formula is C9H11ClINO2. The maximum absolute atomic E-state index is 10.5. The van der Waals surface area contributed by atoms with Crippen LogP contribution in [0.15, 0.2) is 24.3 Å². The van der Waals surface area contributed by atoms with Gasteiger partial charge in [0.05, 0.1) is 0 Å². The number of carboxylic acid groups (broad SMARTS) is 1.